The molecule has 0 aromatic carbocycles. The van der Waals surface area contributed by atoms with E-state index in [1.807, 2.05) is 6.07 Å². The normalized spacial score (nSPS) is 15.8. The van der Waals surface area contributed by atoms with Crippen molar-refractivity contribution >= 4 is 11.8 Å². The zero-order valence-electron chi connectivity index (χ0n) is 12.7. The Morgan fingerprint density at radius 1 is 1.25 bits per heavy atom. The van der Waals surface area contributed by atoms with Gasteiger partial charge in [-0.3, -0.25) is 0 Å². The van der Waals surface area contributed by atoms with Crippen LogP contribution in [0.5, 0.6) is 0 Å². The van der Waals surface area contributed by atoms with Crippen LogP contribution in [0.2, 0.25) is 0 Å². The Bertz CT molecular complexity index is 390. The third kappa shape index (κ3) is 4.63. The summed E-state index contributed by atoms with van der Waals surface area (Å²) in [5.74, 6) is 1.61. The van der Waals surface area contributed by atoms with Gasteiger partial charge in [-0.05, 0) is 32.4 Å². The van der Waals surface area contributed by atoms with Gasteiger partial charge < -0.3 is 15.5 Å². The lowest BCUT2D eigenvalue weighted by Crippen LogP contribution is -2.33. The van der Waals surface area contributed by atoms with Crippen molar-refractivity contribution in [3.63, 3.8) is 0 Å². The number of likely N-dealkylation sites (N-methyl/N-ethyl adjacent to an activating group) is 1. The van der Waals surface area contributed by atoms with E-state index in [9.17, 15) is 0 Å². The predicted octanol–water partition coefficient (Wildman–Crippen LogP) is 2.58. The Balaban J connectivity index is 1.72. The fourth-order valence-corrected chi connectivity index (χ4v) is 2.67. The zero-order valence-corrected chi connectivity index (χ0v) is 12.7. The first kappa shape index (κ1) is 15.0. The van der Waals surface area contributed by atoms with Crippen LogP contribution in [-0.4, -0.2) is 47.6 Å². The molecule has 0 amide bonds. The maximum absolute atomic E-state index is 4.45. The summed E-state index contributed by atoms with van der Waals surface area (Å²) in [5.41, 5.74) is 0. The number of nitrogens with zero attached hydrogens (tertiary/aromatic N) is 3. The predicted molar refractivity (Wildman–Crippen MR) is 84.2 cm³/mol. The van der Waals surface area contributed by atoms with Crippen LogP contribution in [0.1, 0.15) is 39.0 Å². The van der Waals surface area contributed by atoms with E-state index in [4.69, 9.17) is 0 Å². The molecule has 5 heteroatoms. The average molecular weight is 277 g/mol. The number of hydrogen-bond acceptors (Lipinski definition) is 5. The maximum atomic E-state index is 4.45. The van der Waals surface area contributed by atoms with Gasteiger partial charge in [0.15, 0.2) is 0 Å². The molecular formula is C15H27N5. The van der Waals surface area contributed by atoms with E-state index in [1.54, 1.807) is 6.20 Å². The Kier molecular flexibility index (Phi) is 6.05. The Labute approximate surface area is 122 Å². The molecule has 112 valence electrons. The lowest BCUT2D eigenvalue weighted by atomic mass is 10.2. The molecule has 1 saturated carbocycles. The van der Waals surface area contributed by atoms with E-state index in [0.717, 1.165) is 37.9 Å². The third-order valence-electron chi connectivity index (χ3n) is 3.91. The van der Waals surface area contributed by atoms with E-state index in [1.165, 1.54) is 25.7 Å². The topological polar surface area (TPSA) is 53.1 Å². The van der Waals surface area contributed by atoms with Crippen molar-refractivity contribution in [3.05, 3.63) is 12.3 Å². The van der Waals surface area contributed by atoms with Crippen LogP contribution in [0.3, 0.4) is 0 Å². The zero-order chi connectivity index (χ0) is 14.2. The van der Waals surface area contributed by atoms with Crippen molar-refractivity contribution in [2.75, 3.05) is 37.3 Å². The fraction of sp³-hybridized carbons (Fsp3) is 0.733. The molecule has 20 heavy (non-hydrogen) atoms. The van der Waals surface area contributed by atoms with E-state index in [2.05, 4.69) is 39.5 Å². The number of hydrogen-bond donors (Lipinski definition) is 2. The molecule has 0 bridgehead atoms. The molecular weight excluding hydrogens is 250 g/mol. The van der Waals surface area contributed by atoms with Crippen LogP contribution in [0.25, 0.3) is 0 Å². The summed E-state index contributed by atoms with van der Waals surface area (Å²) in [5, 5.41) is 6.59. The molecule has 1 aromatic heterocycles. The number of rotatable bonds is 8. The minimum absolute atomic E-state index is 0.709. The number of aromatic nitrogens is 2. The van der Waals surface area contributed by atoms with Crippen molar-refractivity contribution in [2.45, 2.75) is 45.1 Å². The molecule has 0 saturated heterocycles. The highest BCUT2D eigenvalue weighted by Crippen LogP contribution is 2.21. The SMILES string of the molecule is CCCNc1nccc(NCCN(C)C2CCCC2)n1. The highest BCUT2D eigenvalue weighted by molar-refractivity contribution is 5.39. The van der Waals surface area contributed by atoms with Crippen molar-refractivity contribution in [3.8, 4) is 0 Å². The second-order valence-corrected chi connectivity index (χ2v) is 5.54. The van der Waals surface area contributed by atoms with Gasteiger partial charge in [0.2, 0.25) is 5.95 Å². The van der Waals surface area contributed by atoms with Crippen LogP contribution in [-0.2, 0) is 0 Å². The summed E-state index contributed by atoms with van der Waals surface area (Å²) < 4.78 is 0. The monoisotopic (exact) mass is 277 g/mol. The van der Waals surface area contributed by atoms with Crippen LogP contribution >= 0.6 is 0 Å². The van der Waals surface area contributed by atoms with Crippen LogP contribution in [0.15, 0.2) is 12.3 Å². The van der Waals surface area contributed by atoms with Gasteiger partial charge in [-0.15, -0.1) is 0 Å². The number of anilines is 2. The second kappa shape index (κ2) is 8.04. The van der Waals surface area contributed by atoms with Gasteiger partial charge in [0.05, 0.1) is 0 Å². The van der Waals surface area contributed by atoms with Crippen molar-refractivity contribution in [1.29, 1.82) is 0 Å². The van der Waals surface area contributed by atoms with E-state index < -0.39 is 0 Å². The van der Waals surface area contributed by atoms with Gasteiger partial charge in [0.1, 0.15) is 5.82 Å². The fourth-order valence-electron chi connectivity index (χ4n) is 2.67. The highest BCUT2D eigenvalue weighted by Gasteiger charge is 2.18. The van der Waals surface area contributed by atoms with Crippen LogP contribution < -0.4 is 10.6 Å². The molecule has 5 nitrogen and oxygen atoms in total. The molecule has 1 aromatic rings. The largest absolute Gasteiger partial charge is 0.369 e. The molecule has 0 radical (unpaired) electrons. The molecule has 0 aliphatic heterocycles. The lowest BCUT2D eigenvalue weighted by molar-refractivity contribution is 0.254. The molecule has 2 rings (SSSR count). The van der Waals surface area contributed by atoms with E-state index >= 15 is 0 Å². The summed E-state index contributed by atoms with van der Waals surface area (Å²) in [6, 6.07) is 2.70. The molecule has 1 aliphatic carbocycles. The summed E-state index contributed by atoms with van der Waals surface area (Å²) in [7, 11) is 2.23. The summed E-state index contributed by atoms with van der Waals surface area (Å²) in [4.78, 5) is 11.1. The summed E-state index contributed by atoms with van der Waals surface area (Å²) in [6.07, 6.45) is 8.37. The summed E-state index contributed by atoms with van der Waals surface area (Å²) >= 11 is 0. The summed E-state index contributed by atoms with van der Waals surface area (Å²) in [6.45, 7) is 5.03. The molecule has 1 fully saturated rings. The van der Waals surface area contributed by atoms with Gasteiger partial charge in [-0.2, -0.15) is 4.98 Å². The van der Waals surface area contributed by atoms with Gasteiger partial charge in [0, 0.05) is 31.9 Å². The van der Waals surface area contributed by atoms with Crippen molar-refractivity contribution in [2.24, 2.45) is 0 Å². The maximum Gasteiger partial charge on any atom is 0.224 e. The quantitative estimate of drug-likeness (QED) is 0.765. The van der Waals surface area contributed by atoms with Gasteiger partial charge in [-0.1, -0.05) is 19.8 Å². The first-order valence-electron chi connectivity index (χ1n) is 7.80. The van der Waals surface area contributed by atoms with Crippen LogP contribution in [0.4, 0.5) is 11.8 Å². The molecule has 0 atom stereocenters. The van der Waals surface area contributed by atoms with Crippen molar-refractivity contribution in [1.82, 2.24) is 14.9 Å². The first-order valence-corrected chi connectivity index (χ1v) is 7.80. The minimum atomic E-state index is 0.709. The molecule has 2 N–H and O–H groups in total. The standard InChI is InChI=1S/C15H27N5/c1-3-9-17-15-18-10-8-14(19-15)16-11-12-20(2)13-6-4-5-7-13/h8,10,13H,3-7,9,11-12H2,1-2H3,(H2,16,17,18,19). The number of nitrogens with one attached hydrogen (secondary N) is 2. The Hall–Kier alpha value is -1.36. The molecule has 0 spiro atoms. The second-order valence-electron chi connectivity index (χ2n) is 5.54. The first-order chi connectivity index (χ1) is 9.79. The Morgan fingerprint density at radius 2 is 2.05 bits per heavy atom. The van der Waals surface area contributed by atoms with E-state index in [0.29, 0.717) is 5.95 Å². The lowest BCUT2D eigenvalue weighted by Gasteiger charge is -2.24. The van der Waals surface area contributed by atoms with Crippen molar-refractivity contribution < 1.29 is 0 Å². The minimum Gasteiger partial charge on any atom is -0.369 e. The Morgan fingerprint density at radius 3 is 2.80 bits per heavy atom. The molecule has 1 aliphatic rings. The highest BCUT2D eigenvalue weighted by atomic mass is 15.2. The third-order valence-corrected chi connectivity index (χ3v) is 3.91. The van der Waals surface area contributed by atoms with Crippen LogP contribution in [0, 0.1) is 0 Å². The van der Waals surface area contributed by atoms with Gasteiger partial charge in [0.25, 0.3) is 0 Å². The van der Waals surface area contributed by atoms with Gasteiger partial charge >= 0.3 is 0 Å². The average Bonchev–Trinajstić information content (AvgIpc) is 3.00. The smallest absolute Gasteiger partial charge is 0.224 e. The van der Waals surface area contributed by atoms with E-state index in [-0.39, 0.29) is 0 Å². The molecule has 1 heterocycles. The van der Waals surface area contributed by atoms with Gasteiger partial charge in [-0.25, -0.2) is 4.98 Å². The molecule has 0 unspecified atom stereocenters.